The lowest BCUT2D eigenvalue weighted by Crippen LogP contribution is -2.36. The predicted molar refractivity (Wildman–Crippen MR) is 113 cm³/mol. The van der Waals surface area contributed by atoms with Crippen molar-refractivity contribution in [2.75, 3.05) is 11.5 Å². The van der Waals surface area contributed by atoms with E-state index in [1.165, 1.54) is 6.42 Å². The Hall–Kier alpha value is -2.47. The third kappa shape index (κ3) is 4.02. The van der Waals surface area contributed by atoms with E-state index in [-0.39, 0.29) is 11.8 Å². The Morgan fingerprint density at radius 1 is 1.18 bits per heavy atom. The number of hydrogen-bond donors (Lipinski definition) is 0. The summed E-state index contributed by atoms with van der Waals surface area (Å²) >= 11 is 1.54. The average Bonchev–Trinajstić information content (AvgIpc) is 3.18. The zero-order valence-electron chi connectivity index (χ0n) is 16.1. The van der Waals surface area contributed by atoms with Gasteiger partial charge in [-0.1, -0.05) is 42.7 Å². The number of thiazole rings is 1. The van der Waals surface area contributed by atoms with Crippen molar-refractivity contribution in [3.8, 4) is 5.75 Å². The van der Waals surface area contributed by atoms with Crippen molar-refractivity contribution in [1.29, 1.82) is 0 Å². The number of nitrogens with zero attached hydrogens (tertiary/aromatic N) is 3. The van der Waals surface area contributed by atoms with Gasteiger partial charge in [-0.15, -0.1) is 0 Å². The van der Waals surface area contributed by atoms with Gasteiger partial charge in [0.1, 0.15) is 11.3 Å². The number of ether oxygens (including phenoxy) is 1. The summed E-state index contributed by atoms with van der Waals surface area (Å²) in [6.45, 7) is 3.00. The third-order valence-corrected chi connectivity index (χ3v) is 6.21. The molecule has 0 spiro atoms. The van der Waals surface area contributed by atoms with E-state index >= 15 is 0 Å². The first-order valence-corrected chi connectivity index (χ1v) is 10.8. The van der Waals surface area contributed by atoms with E-state index in [2.05, 4.69) is 4.98 Å². The van der Waals surface area contributed by atoms with Crippen LogP contribution < -0.4 is 9.64 Å². The highest BCUT2D eigenvalue weighted by Gasteiger charge is 2.29. The van der Waals surface area contributed by atoms with Crippen LogP contribution in [0.5, 0.6) is 5.75 Å². The average molecular weight is 396 g/mol. The molecule has 1 aromatic carbocycles. The number of carbonyl (C=O) groups is 1. The van der Waals surface area contributed by atoms with Gasteiger partial charge >= 0.3 is 0 Å². The summed E-state index contributed by atoms with van der Waals surface area (Å²) in [7, 11) is 0. The lowest BCUT2D eigenvalue weighted by atomic mass is 9.88. The molecule has 146 valence electrons. The smallest absolute Gasteiger partial charge is 0.232 e. The van der Waals surface area contributed by atoms with Gasteiger partial charge < -0.3 is 4.74 Å². The molecule has 1 fully saturated rings. The number of para-hydroxylation sites is 1. The largest absolute Gasteiger partial charge is 0.492 e. The number of aromatic nitrogens is 2. The standard InChI is InChI=1S/C22H25N3O2S/c1-2-27-18-12-8-13-19-20(18)24-22(28-19)25(15-17-11-6-7-14-23-17)21(26)16-9-4-3-5-10-16/h6-8,11-14,16H,2-5,9-10,15H2,1H3. The Morgan fingerprint density at radius 2 is 2.04 bits per heavy atom. The van der Waals surface area contributed by atoms with Crippen LogP contribution in [0, 0.1) is 5.92 Å². The molecule has 1 saturated carbocycles. The molecule has 0 unspecified atom stereocenters. The molecular weight excluding hydrogens is 370 g/mol. The van der Waals surface area contributed by atoms with Crippen molar-refractivity contribution in [3.63, 3.8) is 0 Å². The zero-order chi connectivity index (χ0) is 19.3. The summed E-state index contributed by atoms with van der Waals surface area (Å²) in [4.78, 5) is 24.5. The van der Waals surface area contributed by atoms with Crippen molar-refractivity contribution in [3.05, 3.63) is 48.3 Å². The van der Waals surface area contributed by atoms with Crippen molar-refractivity contribution in [1.82, 2.24) is 9.97 Å². The first-order valence-electron chi connectivity index (χ1n) is 10.00. The first kappa shape index (κ1) is 18.9. The van der Waals surface area contributed by atoms with E-state index in [0.717, 1.165) is 52.5 Å². The molecular formula is C22H25N3O2S. The van der Waals surface area contributed by atoms with Gasteiger partial charge in [0.2, 0.25) is 5.91 Å². The SMILES string of the molecule is CCOc1cccc2sc(N(Cc3ccccn3)C(=O)C3CCCCC3)nc12. The van der Waals surface area contributed by atoms with Gasteiger partial charge in [0.25, 0.3) is 0 Å². The molecule has 1 amide bonds. The van der Waals surface area contributed by atoms with Gasteiger partial charge in [-0.05, 0) is 44.0 Å². The lowest BCUT2D eigenvalue weighted by Gasteiger charge is -2.27. The van der Waals surface area contributed by atoms with Crippen LogP contribution in [0.2, 0.25) is 0 Å². The molecule has 5 nitrogen and oxygen atoms in total. The highest BCUT2D eigenvalue weighted by molar-refractivity contribution is 7.22. The van der Waals surface area contributed by atoms with Crippen LogP contribution in [0.3, 0.4) is 0 Å². The first-order chi connectivity index (χ1) is 13.8. The molecule has 3 aromatic rings. The van der Waals surface area contributed by atoms with Crippen LogP contribution >= 0.6 is 11.3 Å². The quantitative estimate of drug-likeness (QED) is 0.575. The second kappa shape index (κ2) is 8.69. The van der Waals surface area contributed by atoms with Crippen LogP contribution in [0.25, 0.3) is 10.2 Å². The number of carbonyl (C=O) groups excluding carboxylic acids is 1. The minimum absolute atomic E-state index is 0.0795. The van der Waals surface area contributed by atoms with Crippen LogP contribution in [-0.4, -0.2) is 22.5 Å². The van der Waals surface area contributed by atoms with Gasteiger partial charge in [0.15, 0.2) is 5.13 Å². The molecule has 1 aliphatic carbocycles. The van der Waals surface area contributed by atoms with Crippen LogP contribution in [0.15, 0.2) is 42.6 Å². The maximum absolute atomic E-state index is 13.4. The van der Waals surface area contributed by atoms with Gasteiger partial charge in [-0.3, -0.25) is 14.7 Å². The Kier molecular flexibility index (Phi) is 5.86. The van der Waals surface area contributed by atoms with Crippen LogP contribution in [0.1, 0.15) is 44.7 Å². The fourth-order valence-corrected chi connectivity index (χ4v) is 4.75. The zero-order valence-corrected chi connectivity index (χ0v) is 17.0. The van der Waals surface area contributed by atoms with E-state index in [4.69, 9.17) is 9.72 Å². The molecule has 0 bridgehead atoms. The van der Waals surface area contributed by atoms with Gasteiger partial charge in [0, 0.05) is 12.1 Å². The van der Waals surface area contributed by atoms with Crippen molar-refractivity contribution in [2.45, 2.75) is 45.6 Å². The molecule has 1 aliphatic rings. The minimum Gasteiger partial charge on any atom is -0.492 e. The van der Waals surface area contributed by atoms with Crippen LogP contribution in [0.4, 0.5) is 5.13 Å². The van der Waals surface area contributed by atoms with Crippen molar-refractivity contribution in [2.24, 2.45) is 5.92 Å². The molecule has 0 atom stereocenters. The third-order valence-electron chi connectivity index (χ3n) is 5.17. The summed E-state index contributed by atoms with van der Waals surface area (Å²) in [5.41, 5.74) is 1.70. The monoisotopic (exact) mass is 395 g/mol. The van der Waals surface area contributed by atoms with E-state index in [9.17, 15) is 4.79 Å². The predicted octanol–water partition coefficient (Wildman–Crippen LogP) is 5.20. The molecule has 0 aliphatic heterocycles. The minimum atomic E-state index is 0.0795. The summed E-state index contributed by atoms with van der Waals surface area (Å²) in [6.07, 6.45) is 7.18. The maximum Gasteiger partial charge on any atom is 0.232 e. The number of anilines is 1. The topological polar surface area (TPSA) is 55.3 Å². The van der Waals surface area contributed by atoms with Gasteiger partial charge in [0.05, 0.1) is 23.5 Å². The molecule has 0 saturated heterocycles. The Morgan fingerprint density at radius 3 is 2.79 bits per heavy atom. The second-order valence-electron chi connectivity index (χ2n) is 7.11. The van der Waals surface area contributed by atoms with Gasteiger partial charge in [-0.25, -0.2) is 4.98 Å². The summed E-state index contributed by atoms with van der Waals surface area (Å²) in [5, 5.41) is 0.725. The highest BCUT2D eigenvalue weighted by Crippen LogP contribution is 2.36. The Balaban J connectivity index is 1.70. The number of fused-ring (bicyclic) bond motifs is 1. The number of rotatable bonds is 6. The number of pyridine rings is 1. The molecule has 4 rings (SSSR count). The fourth-order valence-electron chi connectivity index (χ4n) is 3.76. The van der Waals surface area contributed by atoms with Crippen molar-refractivity contribution >= 4 is 32.6 Å². The molecule has 0 N–H and O–H groups in total. The molecule has 28 heavy (non-hydrogen) atoms. The molecule has 2 heterocycles. The van der Waals surface area contributed by atoms with E-state index in [1.54, 1.807) is 17.5 Å². The number of hydrogen-bond acceptors (Lipinski definition) is 5. The van der Waals surface area contributed by atoms with E-state index < -0.39 is 0 Å². The fraction of sp³-hybridized carbons (Fsp3) is 0.409. The van der Waals surface area contributed by atoms with Crippen molar-refractivity contribution < 1.29 is 9.53 Å². The Bertz CT molecular complexity index is 935. The summed E-state index contributed by atoms with van der Waals surface area (Å²) < 4.78 is 6.77. The van der Waals surface area contributed by atoms with E-state index in [0.29, 0.717) is 13.2 Å². The second-order valence-corrected chi connectivity index (χ2v) is 8.12. The molecule has 2 aromatic heterocycles. The number of amides is 1. The summed E-state index contributed by atoms with van der Waals surface area (Å²) in [5.74, 6) is 1.02. The normalized spacial score (nSPS) is 14.9. The summed E-state index contributed by atoms with van der Waals surface area (Å²) in [6, 6.07) is 11.7. The molecule has 6 heteroatoms. The van der Waals surface area contributed by atoms with E-state index in [1.807, 2.05) is 48.2 Å². The Labute approximate surface area is 169 Å². The van der Waals surface area contributed by atoms with Gasteiger partial charge in [-0.2, -0.15) is 0 Å². The number of benzene rings is 1. The van der Waals surface area contributed by atoms with Crippen LogP contribution in [-0.2, 0) is 11.3 Å². The maximum atomic E-state index is 13.4. The lowest BCUT2D eigenvalue weighted by molar-refractivity contribution is -0.123. The molecule has 0 radical (unpaired) electrons. The highest BCUT2D eigenvalue weighted by atomic mass is 32.1.